The molecule has 2 aromatic carbocycles. The molecule has 3 rings (SSSR count). The molecular formula is C26H31N3O3. The van der Waals surface area contributed by atoms with Gasteiger partial charge < -0.3 is 19.9 Å². The number of amides is 2. The molecule has 0 aliphatic rings. The second-order valence-corrected chi connectivity index (χ2v) is 7.97. The molecule has 0 aliphatic heterocycles. The molecule has 2 amide bonds. The zero-order chi connectivity index (χ0) is 23.3. The van der Waals surface area contributed by atoms with Crippen LogP contribution in [0, 0.1) is 27.7 Å². The Morgan fingerprint density at radius 1 is 0.938 bits per heavy atom. The lowest BCUT2D eigenvalue weighted by atomic mass is 10.1. The van der Waals surface area contributed by atoms with Gasteiger partial charge in [-0.15, -0.1) is 0 Å². The summed E-state index contributed by atoms with van der Waals surface area (Å²) < 4.78 is 5.20. The number of esters is 1. The number of carbonyl (C=O) groups is 2. The van der Waals surface area contributed by atoms with Gasteiger partial charge in [0.15, 0.2) is 0 Å². The fourth-order valence-corrected chi connectivity index (χ4v) is 3.76. The number of nitrogens with one attached hydrogen (secondary N) is 2. The maximum absolute atomic E-state index is 13.3. The lowest BCUT2D eigenvalue weighted by molar-refractivity contribution is 0.0525. The van der Waals surface area contributed by atoms with Gasteiger partial charge in [0, 0.05) is 23.6 Å². The molecule has 6 heteroatoms. The van der Waals surface area contributed by atoms with Crippen LogP contribution >= 0.6 is 0 Å². The molecule has 2 N–H and O–H groups in total. The van der Waals surface area contributed by atoms with Crippen LogP contribution in [-0.2, 0) is 17.8 Å². The van der Waals surface area contributed by atoms with Crippen LogP contribution in [0.2, 0.25) is 0 Å². The number of hydrogen-bond donors (Lipinski definition) is 2. The van der Waals surface area contributed by atoms with Crippen molar-refractivity contribution in [3.8, 4) is 0 Å². The van der Waals surface area contributed by atoms with E-state index in [0.717, 1.165) is 39.3 Å². The molecule has 0 bridgehead atoms. The Hall–Kier alpha value is -3.54. The first-order valence-electron chi connectivity index (χ1n) is 10.8. The SMILES string of the molecule is CCOC(=O)c1c(C)[nH]c(CN(Cc2ccccc2)C(=O)Nc2cccc(C)c2C)c1C. The van der Waals surface area contributed by atoms with Crippen molar-refractivity contribution < 1.29 is 14.3 Å². The molecule has 3 aromatic rings. The molecule has 6 nitrogen and oxygen atoms in total. The Labute approximate surface area is 189 Å². The maximum Gasteiger partial charge on any atom is 0.340 e. The number of nitrogens with zero attached hydrogens (tertiary/aromatic N) is 1. The molecule has 0 spiro atoms. The standard InChI is InChI=1S/C26H31N3O3/c1-6-32-25(30)24-19(4)23(27-20(24)5)16-29(15-21-12-8-7-9-13-21)26(31)28-22-14-10-11-17(2)18(22)3/h7-14,27H,6,15-16H2,1-5H3,(H,28,31). The summed E-state index contributed by atoms with van der Waals surface area (Å²) in [5.74, 6) is -0.348. The molecular weight excluding hydrogens is 402 g/mol. The molecule has 0 unspecified atom stereocenters. The minimum atomic E-state index is -0.348. The first-order valence-corrected chi connectivity index (χ1v) is 10.8. The fourth-order valence-electron chi connectivity index (χ4n) is 3.76. The molecule has 168 valence electrons. The quantitative estimate of drug-likeness (QED) is 0.472. The van der Waals surface area contributed by atoms with Crippen LogP contribution in [0.1, 0.15) is 50.9 Å². The minimum absolute atomic E-state index is 0.202. The number of anilines is 1. The number of urea groups is 1. The average Bonchev–Trinajstić information content (AvgIpc) is 3.04. The molecule has 0 fully saturated rings. The Morgan fingerprint density at radius 3 is 2.34 bits per heavy atom. The van der Waals surface area contributed by atoms with Gasteiger partial charge in [0.1, 0.15) is 0 Å². The van der Waals surface area contributed by atoms with Crippen molar-refractivity contribution in [2.45, 2.75) is 47.7 Å². The monoisotopic (exact) mass is 433 g/mol. The van der Waals surface area contributed by atoms with Crippen LogP contribution in [0.25, 0.3) is 0 Å². The largest absolute Gasteiger partial charge is 0.462 e. The van der Waals surface area contributed by atoms with Crippen molar-refractivity contribution in [2.24, 2.45) is 0 Å². The van der Waals surface area contributed by atoms with Crippen molar-refractivity contribution in [2.75, 3.05) is 11.9 Å². The van der Waals surface area contributed by atoms with Gasteiger partial charge in [-0.25, -0.2) is 9.59 Å². The number of rotatable bonds is 7. The van der Waals surface area contributed by atoms with Crippen molar-refractivity contribution in [1.29, 1.82) is 0 Å². The summed E-state index contributed by atoms with van der Waals surface area (Å²) in [7, 11) is 0. The van der Waals surface area contributed by atoms with E-state index in [0.29, 0.717) is 25.3 Å². The molecule has 0 saturated carbocycles. The summed E-state index contributed by atoms with van der Waals surface area (Å²) in [6.45, 7) is 10.6. The van der Waals surface area contributed by atoms with Gasteiger partial charge in [0.2, 0.25) is 0 Å². The molecule has 0 atom stereocenters. The minimum Gasteiger partial charge on any atom is -0.462 e. The van der Waals surface area contributed by atoms with Crippen LogP contribution in [0.4, 0.5) is 10.5 Å². The van der Waals surface area contributed by atoms with E-state index in [1.54, 1.807) is 11.8 Å². The number of H-pyrrole nitrogens is 1. The van der Waals surface area contributed by atoms with Crippen molar-refractivity contribution >= 4 is 17.7 Å². The van der Waals surface area contributed by atoms with E-state index in [1.165, 1.54) is 0 Å². The van der Waals surface area contributed by atoms with Crippen LogP contribution in [0.3, 0.4) is 0 Å². The molecule has 32 heavy (non-hydrogen) atoms. The Morgan fingerprint density at radius 2 is 1.66 bits per heavy atom. The Bertz CT molecular complexity index is 1100. The van der Waals surface area contributed by atoms with Gasteiger partial charge in [-0.2, -0.15) is 0 Å². The number of aromatic nitrogens is 1. The van der Waals surface area contributed by atoms with Gasteiger partial charge >= 0.3 is 12.0 Å². The second kappa shape index (κ2) is 10.2. The van der Waals surface area contributed by atoms with E-state index >= 15 is 0 Å². The van der Waals surface area contributed by atoms with Crippen molar-refractivity contribution in [3.63, 3.8) is 0 Å². The Balaban J connectivity index is 1.90. The highest BCUT2D eigenvalue weighted by Gasteiger charge is 2.23. The highest BCUT2D eigenvalue weighted by molar-refractivity contribution is 5.93. The van der Waals surface area contributed by atoms with Crippen LogP contribution in [-0.4, -0.2) is 28.5 Å². The first kappa shape index (κ1) is 23.1. The zero-order valence-corrected chi connectivity index (χ0v) is 19.4. The number of ether oxygens (including phenoxy) is 1. The van der Waals surface area contributed by atoms with Crippen LogP contribution < -0.4 is 5.32 Å². The van der Waals surface area contributed by atoms with Crippen molar-refractivity contribution in [1.82, 2.24) is 9.88 Å². The number of carbonyl (C=O) groups excluding carboxylic acids is 2. The molecule has 0 saturated heterocycles. The predicted molar refractivity (Wildman–Crippen MR) is 127 cm³/mol. The van der Waals surface area contributed by atoms with Crippen LogP contribution in [0.5, 0.6) is 0 Å². The summed E-state index contributed by atoms with van der Waals surface area (Å²) >= 11 is 0. The third-order valence-electron chi connectivity index (χ3n) is 5.72. The van der Waals surface area contributed by atoms with E-state index in [4.69, 9.17) is 4.74 Å². The maximum atomic E-state index is 13.3. The summed E-state index contributed by atoms with van der Waals surface area (Å²) in [4.78, 5) is 30.7. The third-order valence-corrected chi connectivity index (χ3v) is 5.72. The van der Waals surface area contributed by atoms with Crippen LogP contribution in [0.15, 0.2) is 48.5 Å². The van der Waals surface area contributed by atoms with Gasteiger partial charge in [-0.1, -0.05) is 42.5 Å². The second-order valence-electron chi connectivity index (χ2n) is 7.97. The highest BCUT2D eigenvalue weighted by atomic mass is 16.5. The van der Waals surface area contributed by atoms with Gasteiger partial charge in [0.05, 0.1) is 18.7 Å². The Kier molecular flexibility index (Phi) is 7.36. The fraction of sp³-hybridized carbons (Fsp3) is 0.308. The average molecular weight is 434 g/mol. The predicted octanol–water partition coefficient (Wildman–Crippen LogP) is 5.66. The third kappa shape index (κ3) is 5.19. The van der Waals surface area contributed by atoms with E-state index in [9.17, 15) is 9.59 Å². The lowest BCUT2D eigenvalue weighted by Gasteiger charge is -2.24. The van der Waals surface area contributed by atoms with Crippen molar-refractivity contribution in [3.05, 3.63) is 87.7 Å². The summed E-state index contributed by atoms with van der Waals surface area (Å²) in [6, 6.07) is 15.5. The molecule has 0 radical (unpaired) electrons. The molecule has 0 aliphatic carbocycles. The van der Waals surface area contributed by atoms with E-state index in [1.807, 2.05) is 76.2 Å². The number of aromatic amines is 1. The molecule has 1 aromatic heterocycles. The summed E-state index contributed by atoms with van der Waals surface area (Å²) in [6.07, 6.45) is 0. The number of aryl methyl sites for hydroxylation is 2. The molecule has 1 heterocycles. The number of benzene rings is 2. The van der Waals surface area contributed by atoms with Gasteiger partial charge in [-0.05, 0) is 62.9 Å². The topological polar surface area (TPSA) is 74.4 Å². The van der Waals surface area contributed by atoms with E-state index < -0.39 is 0 Å². The zero-order valence-electron chi connectivity index (χ0n) is 19.4. The highest BCUT2D eigenvalue weighted by Crippen LogP contribution is 2.23. The first-order chi connectivity index (χ1) is 15.3. The van der Waals surface area contributed by atoms with Gasteiger partial charge in [-0.3, -0.25) is 0 Å². The van der Waals surface area contributed by atoms with E-state index in [2.05, 4.69) is 10.3 Å². The lowest BCUT2D eigenvalue weighted by Crippen LogP contribution is -2.34. The number of hydrogen-bond acceptors (Lipinski definition) is 3. The van der Waals surface area contributed by atoms with Gasteiger partial charge in [0.25, 0.3) is 0 Å². The van der Waals surface area contributed by atoms with E-state index in [-0.39, 0.29) is 12.0 Å². The summed E-state index contributed by atoms with van der Waals surface area (Å²) in [5.41, 5.74) is 6.87. The summed E-state index contributed by atoms with van der Waals surface area (Å²) in [5, 5.41) is 3.06. The smallest absolute Gasteiger partial charge is 0.340 e. The normalized spacial score (nSPS) is 10.7.